The number of aryl methyl sites for hydroxylation is 2. The summed E-state index contributed by atoms with van der Waals surface area (Å²) in [6, 6.07) is 11.9. The van der Waals surface area contributed by atoms with E-state index in [0.29, 0.717) is 21.6 Å². The molecule has 0 bridgehead atoms. The summed E-state index contributed by atoms with van der Waals surface area (Å²) in [4.78, 5) is 5.70. The van der Waals surface area contributed by atoms with Crippen LogP contribution in [0.15, 0.2) is 59.3 Å². The van der Waals surface area contributed by atoms with E-state index in [1.54, 1.807) is 29.2 Å². The molecule has 0 unspecified atom stereocenters. The standard InChI is InChI=1S/C24H21Cl2N5S2/c1-3-15-6-5-7-16(4-2)21(15)31-22(19-9-8-17(25)12-20(19)26)28-29-24(31)33-14-18-13-30-10-11-32-23(30)27-18/h5-13H,3-4,14H2,1-2H3. The highest BCUT2D eigenvalue weighted by atomic mass is 35.5. The smallest absolute Gasteiger partial charge is 0.196 e. The lowest BCUT2D eigenvalue weighted by Crippen LogP contribution is -2.07. The van der Waals surface area contributed by atoms with Crippen LogP contribution in [0, 0.1) is 0 Å². The number of hydrogen-bond donors (Lipinski definition) is 0. The molecule has 5 rings (SSSR count). The van der Waals surface area contributed by atoms with E-state index in [4.69, 9.17) is 28.2 Å². The lowest BCUT2D eigenvalue weighted by Gasteiger charge is -2.18. The first kappa shape index (κ1) is 22.5. The molecule has 0 atom stereocenters. The third-order valence-corrected chi connectivity index (χ3v) is 7.77. The number of benzene rings is 2. The van der Waals surface area contributed by atoms with Crippen LogP contribution in [0.3, 0.4) is 0 Å². The van der Waals surface area contributed by atoms with Gasteiger partial charge in [-0.3, -0.25) is 8.97 Å². The first-order valence-corrected chi connectivity index (χ1v) is 13.3. The molecule has 168 valence electrons. The molecular formula is C24H21Cl2N5S2. The Hall–Kier alpha value is -2.32. The zero-order chi connectivity index (χ0) is 22.9. The van der Waals surface area contributed by atoms with Crippen molar-refractivity contribution in [2.24, 2.45) is 0 Å². The molecule has 0 radical (unpaired) electrons. The predicted octanol–water partition coefficient (Wildman–Crippen LogP) is 7.37. The molecule has 0 saturated carbocycles. The zero-order valence-corrected chi connectivity index (χ0v) is 21.3. The summed E-state index contributed by atoms with van der Waals surface area (Å²) in [6.07, 6.45) is 5.89. The number of rotatable bonds is 7. The Morgan fingerprint density at radius 2 is 1.82 bits per heavy atom. The molecule has 0 spiro atoms. The molecule has 3 aromatic heterocycles. The SMILES string of the molecule is CCc1cccc(CC)c1-n1c(SCc2cn3ccsc3n2)nnc1-c1ccc(Cl)cc1Cl. The number of aromatic nitrogens is 5. The highest BCUT2D eigenvalue weighted by Crippen LogP contribution is 2.36. The summed E-state index contributed by atoms with van der Waals surface area (Å²) >= 11 is 16.0. The van der Waals surface area contributed by atoms with Gasteiger partial charge in [-0.2, -0.15) is 0 Å². The minimum absolute atomic E-state index is 0.550. The van der Waals surface area contributed by atoms with E-state index >= 15 is 0 Å². The monoisotopic (exact) mass is 513 g/mol. The molecule has 0 amide bonds. The summed E-state index contributed by atoms with van der Waals surface area (Å²) in [7, 11) is 0. The molecule has 0 fully saturated rings. The van der Waals surface area contributed by atoms with Crippen molar-refractivity contribution in [2.75, 3.05) is 0 Å². The highest BCUT2D eigenvalue weighted by Gasteiger charge is 2.22. The minimum Gasteiger partial charge on any atom is -0.297 e. The number of hydrogen-bond acceptors (Lipinski definition) is 5. The number of nitrogens with zero attached hydrogens (tertiary/aromatic N) is 5. The van der Waals surface area contributed by atoms with E-state index in [1.165, 1.54) is 11.1 Å². The van der Waals surface area contributed by atoms with Gasteiger partial charge in [0.05, 0.1) is 16.4 Å². The molecule has 0 N–H and O–H groups in total. The van der Waals surface area contributed by atoms with Crippen LogP contribution in [0.1, 0.15) is 30.7 Å². The molecule has 5 nitrogen and oxygen atoms in total. The summed E-state index contributed by atoms with van der Waals surface area (Å²) in [6.45, 7) is 4.34. The summed E-state index contributed by atoms with van der Waals surface area (Å²) in [5, 5.41) is 13.2. The van der Waals surface area contributed by atoms with Crippen molar-refractivity contribution in [2.45, 2.75) is 37.6 Å². The van der Waals surface area contributed by atoms with Crippen molar-refractivity contribution in [3.05, 3.63) is 81.0 Å². The van der Waals surface area contributed by atoms with Gasteiger partial charge in [-0.15, -0.1) is 21.5 Å². The predicted molar refractivity (Wildman–Crippen MR) is 138 cm³/mol. The Labute approximate surface area is 210 Å². The number of halogens is 2. The third kappa shape index (κ3) is 4.30. The second kappa shape index (κ2) is 9.50. The van der Waals surface area contributed by atoms with Crippen molar-refractivity contribution in [1.29, 1.82) is 0 Å². The third-order valence-electron chi connectivity index (χ3n) is 5.49. The lowest BCUT2D eigenvalue weighted by molar-refractivity contribution is 0.857. The Morgan fingerprint density at radius 1 is 1.03 bits per heavy atom. The Morgan fingerprint density at radius 3 is 2.52 bits per heavy atom. The van der Waals surface area contributed by atoms with E-state index in [2.05, 4.69) is 53.0 Å². The van der Waals surface area contributed by atoms with Crippen LogP contribution in [0.4, 0.5) is 0 Å². The van der Waals surface area contributed by atoms with Gasteiger partial charge in [0.2, 0.25) is 0 Å². The number of para-hydroxylation sites is 1. The van der Waals surface area contributed by atoms with Crippen molar-refractivity contribution >= 4 is 51.3 Å². The molecule has 0 saturated heterocycles. The fourth-order valence-electron chi connectivity index (χ4n) is 3.90. The van der Waals surface area contributed by atoms with Crippen LogP contribution in [-0.4, -0.2) is 24.1 Å². The Bertz CT molecular complexity index is 1390. The number of fused-ring (bicyclic) bond motifs is 1. The quantitative estimate of drug-likeness (QED) is 0.213. The lowest BCUT2D eigenvalue weighted by atomic mass is 10.0. The van der Waals surface area contributed by atoms with E-state index < -0.39 is 0 Å². The van der Waals surface area contributed by atoms with Crippen LogP contribution in [0.5, 0.6) is 0 Å². The molecule has 0 aliphatic rings. The second-order valence-corrected chi connectivity index (χ2v) is 10.2. The van der Waals surface area contributed by atoms with Gasteiger partial charge in [-0.05, 0) is 42.2 Å². The van der Waals surface area contributed by atoms with Crippen molar-refractivity contribution in [1.82, 2.24) is 24.1 Å². The van der Waals surface area contributed by atoms with Crippen LogP contribution >= 0.6 is 46.3 Å². The van der Waals surface area contributed by atoms with E-state index in [-0.39, 0.29) is 0 Å². The van der Waals surface area contributed by atoms with Gasteiger partial charge >= 0.3 is 0 Å². The maximum absolute atomic E-state index is 6.60. The Kier molecular flexibility index (Phi) is 6.47. The van der Waals surface area contributed by atoms with Crippen LogP contribution < -0.4 is 0 Å². The zero-order valence-electron chi connectivity index (χ0n) is 18.1. The molecule has 5 aromatic rings. The maximum atomic E-state index is 6.60. The summed E-state index contributed by atoms with van der Waals surface area (Å²) in [5.41, 5.74) is 5.42. The van der Waals surface area contributed by atoms with E-state index in [0.717, 1.165) is 39.9 Å². The first-order valence-electron chi connectivity index (χ1n) is 10.6. The second-order valence-electron chi connectivity index (χ2n) is 7.51. The largest absolute Gasteiger partial charge is 0.297 e. The number of thioether (sulfide) groups is 1. The van der Waals surface area contributed by atoms with Crippen LogP contribution in [0.25, 0.3) is 22.0 Å². The molecule has 9 heteroatoms. The van der Waals surface area contributed by atoms with Crippen LogP contribution in [-0.2, 0) is 18.6 Å². The average Bonchev–Trinajstić information content (AvgIpc) is 3.52. The Balaban J connectivity index is 1.64. The molecule has 3 heterocycles. The molecule has 0 aliphatic carbocycles. The van der Waals surface area contributed by atoms with Gasteiger partial charge in [0.25, 0.3) is 0 Å². The van der Waals surface area contributed by atoms with Gasteiger partial charge in [-0.1, -0.05) is 67.0 Å². The molecule has 2 aromatic carbocycles. The van der Waals surface area contributed by atoms with Crippen molar-refractivity contribution in [3.63, 3.8) is 0 Å². The van der Waals surface area contributed by atoms with Crippen LogP contribution in [0.2, 0.25) is 10.0 Å². The van der Waals surface area contributed by atoms with Gasteiger partial charge in [0, 0.05) is 34.1 Å². The molecule has 33 heavy (non-hydrogen) atoms. The number of thiazole rings is 1. The van der Waals surface area contributed by atoms with Gasteiger partial charge in [0.1, 0.15) is 0 Å². The fraction of sp³-hybridized carbons (Fsp3) is 0.208. The average molecular weight is 515 g/mol. The molecule has 0 aliphatic heterocycles. The fourth-order valence-corrected chi connectivity index (χ4v) is 5.93. The topological polar surface area (TPSA) is 48.0 Å². The van der Waals surface area contributed by atoms with E-state index in [9.17, 15) is 0 Å². The van der Waals surface area contributed by atoms with Gasteiger partial charge in [-0.25, -0.2) is 4.98 Å². The van der Waals surface area contributed by atoms with Gasteiger partial charge < -0.3 is 0 Å². The van der Waals surface area contributed by atoms with Crippen molar-refractivity contribution in [3.8, 4) is 17.1 Å². The summed E-state index contributed by atoms with van der Waals surface area (Å²) < 4.78 is 4.20. The summed E-state index contributed by atoms with van der Waals surface area (Å²) in [5.74, 6) is 1.40. The highest BCUT2D eigenvalue weighted by molar-refractivity contribution is 7.98. The van der Waals surface area contributed by atoms with E-state index in [1.807, 2.05) is 28.1 Å². The number of imidazole rings is 1. The van der Waals surface area contributed by atoms with Gasteiger partial charge in [0.15, 0.2) is 15.9 Å². The maximum Gasteiger partial charge on any atom is 0.196 e. The first-order chi connectivity index (χ1) is 16.1. The normalized spacial score (nSPS) is 11.5. The molecular weight excluding hydrogens is 493 g/mol. The minimum atomic E-state index is 0.550. The van der Waals surface area contributed by atoms with Crippen molar-refractivity contribution < 1.29 is 0 Å².